The van der Waals surface area contributed by atoms with Crippen molar-refractivity contribution in [3.63, 3.8) is 0 Å². The number of rotatable bonds is 7. The summed E-state index contributed by atoms with van der Waals surface area (Å²) >= 11 is 0. The predicted molar refractivity (Wildman–Crippen MR) is 80.1 cm³/mol. The summed E-state index contributed by atoms with van der Waals surface area (Å²) in [4.78, 5) is 12.1. The molecule has 1 aromatic heterocycles. The highest BCUT2D eigenvalue weighted by molar-refractivity contribution is 5.96. The maximum atomic E-state index is 12.1. The van der Waals surface area contributed by atoms with Crippen LogP contribution in [0.3, 0.4) is 0 Å². The second kappa shape index (κ2) is 8.93. The smallest absolute Gasteiger partial charge is 0.255 e. The quantitative estimate of drug-likeness (QED) is 0.751. The second-order valence-electron chi connectivity index (χ2n) is 4.38. The first-order chi connectivity index (χ1) is 8.61. The van der Waals surface area contributed by atoms with Crippen LogP contribution in [-0.4, -0.2) is 35.3 Å². The van der Waals surface area contributed by atoms with Crippen LogP contribution in [0.1, 0.15) is 42.0 Å². The molecule has 0 fully saturated rings. The normalized spacial score (nSPS) is 10.1. The van der Waals surface area contributed by atoms with Crippen LogP contribution >= 0.6 is 12.4 Å². The topological polar surface area (TPSA) is 59.0 Å². The minimum absolute atomic E-state index is 0. The third kappa shape index (κ3) is 4.84. The van der Waals surface area contributed by atoms with E-state index < -0.39 is 0 Å². The number of nitrogens with one attached hydrogen (secondary N) is 2. The highest BCUT2D eigenvalue weighted by atomic mass is 35.5. The number of aromatic nitrogens is 2. The molecule has 1 rings (SSSR count). The van der Waals surface area contributed by atoms with E-state index in [1.807, 2.05) is 25.5 Å². The molecule has 0 aromatic carbocycles. The van der Waals surface area contributed by atoms with Gasteiger partial charge in [0.2, 0.25) is 0 Å². The monoisotopic (exact) mass is 288 g/mol. The summed E-state index contributed by atoms with van der Waals surface area (Å²) in [5.41, 5.74) is 2.48. The van der Waals surface area contributed by atoms with Crippen LogP contribution in [0.4, 0.5) is 0 Å². The average Bonchev–Trinajstić information content (AvgIpc) is 2.61. The number of hydrogen-bond acceptors (Lipinski definition) is 3. The number of nitrogens with zero attached hydrogens (tertiary/aromatic N) is 2. The molecule has 1 amide bonds. The molecule has 0 atom stereocenters. The maximum Gasteiger partial charge on any atom is 0.255 e. The van der Waals surface area contributed by atoms with E-state index in [4.69, 9.17) is 0 Å². The summed E-state index contributed by atoms with van der Waals surface area (Å²) in [5.74, 6) is -0.0229. The van der Waals surface area contributed by atoms with Crippen LogP contribution in [-0.2, 0) is 6.54 Å². The number of carbonyl (C=O) groups is 1. The van der Waals surface area contributed by atoms with Crippen molar-refractivity contribution in [1.29, 1.82) is 0 Å². The molecule has 1 aromatic rings. The first kappa shape index (κ1) is 17.9. The number of halogens is 1. The van der Waals surface area contributed by atoms with Crippen LogP contribution in [0.2, 0.25) is 0 Å². The summed E-state index contributed by atoms with van der Waals surface area (Å²) in [6.07, 6.45) is 1.02. The third-order valence-corrected chi connectivity index (χ3v) is 2.88. The molecule has 0 radical (unpaired) electrons. The van der Waals surface area contributed by atoms with Crippen molar-refractivity contribution < 1.29 is 4.79 Å². The van der Waals surface area contributed by atoms with Crippen LogP contribution < -0.4 is 10.6 Å². The molecule has 0 spiro atoms. The molecule has 6 heteroatoms. The third-order valence-electron chi connectivity index (χ3n) is 2.88. The lowest BCUT2D eigenvalue weighted by molar-refractivity contribution is 0.0952. The van der Waals surface area contributed by atoms with Gasteiger partial charge in [-0.2, -0.15) is 5.10 Å². The summed E-state index contributed by atoms with van der Waals surface area (Å²) in [5, 5.41) is 10.5. The Morgan fingerprint density at radius 3 is 2.53 bits per heavy atom. The largest absolute Gasteiger partial charge is 0.351 e. The number of carbonyl (C=O) groups excluding carboxylic acids is 1. The number of hydrogen-bond donors (Lipinski definition) is 2. The van der Waals surface area contributed by atoms with Crippen molar-refractivity contribution in [2.75, 3.05) is 19.6 Å². The zero-order chi connectivity index (χ0) is 13.5. The minimum Gasteiger partial charge on any atom is -0.351 e. The Morgan fingerprint density at radius 1 is 1.26 bits per heavy atom. The van der Waals surface area contributed by atoms with Gasteiger partial charge in [-0.15, -0.1) is 12.4 Å². The van der Waals surface area contributed by atoms with E-state index in [-0.39, 0.29) is 18.3 Å². The number of amides is 1. The van der Waals surface area contributed by atoms with Crippen LogP contribution in [0.15, 0.2) is 0 Å². The van der Waals surface area contributed by atoms with Gasteiger partial charge >= 0.3 is 0 Å². The molecule has 19 heavy (non-hydrogen) atoms. The second-order valence-corrected chi connectivity index (χ2v) is 4.38. The maximum absolute atomic E-state index is 12.1. The molecule has 0 saturated heterocycles. The van der Waals surface area contributed by atoms with Crippen LogP contribution in [0.5, 0.6) is 0 Å². The van der Waals surface area contributed by atoms with Gasteiger partial charge in [0.1, 0.15) is 0 Å². The lowest BCUT2D eigenvalue weighted by Crippen LogP contribution is -2.32. The first-order valence-electron chi connectivity index (χ1n) is 6.64. The van der Waals surface area contributed by atoms with E-state index in [0.29, 0.717) is 6.54 Å². The van der Waals surface area contributed by atoms with E-state index in [1.165, 1.54) is 0 Å². The summed E-state index contributed by atoms with van der Waals surface area (Å²) in [7, 11) is 0. The molecule has 0 aliphatic carbocycles. The molecule has 0 aliphatic heterocycles. The molecule has 0 bridgehead atoms. The Bertz CT molecular complexity index is 404. The van der Waals surface area contributed by atoms with Gasteiger partial charge in [-0.25, -0.2) is 0 Å². The Hall–Kier alpha value is -1.07. The Kier molecular flexibility index (Phi) is 8.43. The van der Waals surface area contributed by atoms with E-state index >= 15 is 0 Å². The van der Waals surface area contributed by atoms with Crippen LogP contribution in [0.25, 0.3) is 0 Å². The predicted octanol–water partition coefficient (Wildman–Crippen LogP) is 1.67. The van der Waals surface area contributed by atoms with Gasteiger partial charge in [-0.3, -0.25) is 9.48 Å². The zero-order valence-electron chi connectivity index (χ0n) is 12.2. The molecule has 5 nitrogen and oxygen atoms in total. The van der Waals surface area contributed by atoms with Gasteiger partial charge in [-0.1, -0.05) is 13.8 Å². The summed E-state index contributed by atoms with van der Waals surface area (Å²) in [6, 6.07) is 0. The molecule has 0 aliphatic rings. The van der Waals surface area contributed by atoms with Crippen molar-refractivity contribution in [3.8, 4) is 0 Å². The van der Waals surface area contributed by atoms with Crippen molar-refractivity contribution in [1.82, 2.24) is 20.4 Å². The fraction of sp³-hybridized carbons (Fsp3) is 0.692. The van der Waals surface area contributed by atoms with Gasteiger partial charge in [0.05, 0.1) is 11.3 Å². The minimum atomic E-state index is -0.0229. The molecular weight excluding hydrogens is 264 g/mol. The Balaban J connectivity index is 0.00000324. The Morgan fingerprint density at radius 2 is 1.95 bits per heavy atom. The zero-order valence-corrected chi connectivity index (χ0v) is 13.1. The SMILES string of the molecule is CCCn1nc(C)c(C(=O)NCCNCC)c1C.Cl. The first-order valence-corrected chi connectivity index (χ1v) is 6.64. The number of aryl methyl sites for hydroxylation is 2. The van der Waals surface area contributed by atoms with Gasteiger partial charge in [0.15, 0.2) is 0 Å². The van der Waals surface area contributed by atoms with Crippen molar-refractivity contribution in [2.24, 2.45) is 0 Å². The van der Waals surface area contributed by atoms with E-state index in [1.54, 1.807) is 0 Å². The van der Waals surface area contributed by atoms with Crippen molar-refractivity contribution in [2.45, 2.75) is 40.7 Å². The molecule has 0 saturated carbocycles. The average molecular weight is 289 g/mol. The van der Waals surface area contributed by atoms with Crippen LogP contribution in [0, 0.1) is 13.8 Å². The standard InChI is InChI=1S/C13H24N4O.ClH/c1-5-9-17-11(4)12(10(3)16-17)13(18)15-8-7-14-6-2;/h14H,5-9H2,1-4H3,(H,15,18);1H. The molecule has 2 N–H and O–H groups in total. The lowest BCUT2D eigenvalue weighted by Gasteiger charge is -2.06. The lowest BCUT2D eigenvalue weighted by atomic mass is 10.2. The number of likely N-dealkylation sites (N-methyl/N-ethyl adjacent to an activating group) is 1. The summed E-state index contributed by atoms with van der Waals surface area (Å²) < 4.78 is 1.91. The van der Waals surface area contributed by atoms with Gasteiger partial charge in [0, 0.05) is 25.3 Å². The van der Waals surface area contributed by atoms with Gasteiger partial charge in [0.25, 0.3) is 5.91 Å². The highest BCUT2D eigenvalue weighted by Gasteiger charge is 2.17. The molecular formula is C13H25ClN4O. The van der Waals surface area contributed by atoms with Gasteiger partial charge < -0.3 is 10.6 Å². The van der Waals surface area contributed by atoms with Crippen molar-refractivity contribution in [3.05, 3.63) is 17.0 Å². The molecule has 1 heterocycles. The molecule has 110 valence electrons. The molecule has 0 unspecified atom stereocenters. The highest BCUT2D eigenvalue weighted by Crippen LogP contribution is 2.13. The van der Waals surface area contributed by atoms with Gasteiger partial charge in [-0.05, 0) is 26.8 Å². The summed E-state index contributed by atoms with van der Waals surface area (Å²) in [6.45, 7) is 11.2. The van der Waals surface area contributed by atoms with E-state index in [2.05, 4.69) is 22.7 Å². The van der Waals surface area contributed by atoms with E-state index in [0.717, 1.165) is 43.0 Å². The van der Waals surface area contributed by atoms with E-state index in [9.17, 15) is 4.79 Å². The fourth-order valence-corrected chi connectivity index (χ4v) is 1.98. The Labute approximate surface area is 121 Å². The fourth-order valence-electron chi connectivity index (χ4n) is 1.98. The van der Waals surface area contributed by atoms with Crippen molar-refractivity contribution >= 4 is 18.3 Å².